The summed E-state index contributed by atoms with van der Waals surface area (Å²) < 4.78 is 7.75. The van der Waals surface area contributed by atoms with Crippen LogP contribution in [0.5, 0.6) is 0 Å². The topological polar surface area (TPSA) is 59.4 Å². The highest BCUT2D eigenvalue weighted by Gasteiger charge is 2.41. The molecule has 20 heavy (non-hydrogen) atoms. The number of rotatable bonds is 3. The van der Waals surface area contributed by atoms with Gasteiger partial charge >= 0.3 is 0 Å². The lowest BCUT2D eigenvalue weighted by molar-refractivity contribution is -0.132. The van der Waals surface area contributed by atoms with E-state index in [4.69, 9.17) is 4.74 Å². The average Bonchev–Trinajstić information content (AvgIpc) is 3.03. The van der Waals surface area contributed by atoms with Crippen molar-refractivity contribution in [2.75, 3.05) is 20.1 Å². The predicted octanol–water partition coefficient (Wildman–Crippen LogP) is 0.145. The Morgan fingerprint density at radius 1 is 1.60 bits per heavy atom. The first-order chi connectivity index (χ1) is 9.65. The van der Waals surface area contributed by atoms with Crippen molar-refractivity contribution in [1.82, 2.24) is 20.0 Å². The molecule has 0 saturated carbocycles. The van der Waals surface area contributed by atoms with Gasteiger partial charge in [0.25, 0.3) is 0 Å². The summed E-state index contributed by atoms with van der Waals surface area (Å²) in [5, 5.41) is 6.88. The van der Waals surface area contributed by atoms with Crippen molar-refractivity contribution < 1.29 is 9.53 Å². The number of nitrogens with zero attached hydrogens (tertiary/aromatic N) is 3. The highest BCUT2D eigenvalue weighted by Crippen LogP contribution is 2.33. The van der Waals surface area contributed by atoms with Gasteiger partial charge in [-0.05, 0) is 25.3 Å². The fraction of sp³-hybridized carbons (Fsp3) is 0.714. The number of carbonyl (C=O) groups is 1. The number of nitrogens with one attached hydrogen (secondary N) is 1. The average molecular weight is 278 g/mol. The number of likely N-dealkylation sites (tertiary alicyclic amines) is 1. The van der Waals surface area contributed by atoms with Gasteiger partial charge in [0.1, 0.15) is 6.10 Å². The summed E-state index contributed by atoms with van der Waals surface area (Å²) in [6.07, 6.45) is 5.88. The van der Waals surface area contributed by atoms with Crippen molar-refractivity contribution >= 4 is 5.91 Å². The van der Waals surface area contributed by atoms with Gasteiger partial charge in [-0.1, -0.05) is 0 Å². The van der Waals surface area contributed by atoms with Crippen LogP contribution in [0.25, 0.3) is 0 Å². The van der Waals surface area contributed by atoms with Crippen LogP contribution in [0, 0.1) is 5.92 Å². The van der Waals surface area contributed by atoms with Gasteiger partial charge in [-0.2, -0.15) is 5.10 Å². The minimum atomic E-state index is -0.256. The van der Waals surface area contributed by atoms with Crippen LogP contribution in [0.2, 0.25) is 0 Å². The third-order valence-electron chi connectivity index (χ3n) is 4.34. The van der Waals surface area contributed by atoms with Gasteiger partial charge in [0.15, 0.2) is 0 Å². The molecule has 3 atom stereocenters. The predicted molar refractivity (Wildman–Crippen MR) is 73.9 cm³/mol. The maximum atomic E-state index is 11.7. The van der Waals surface area contributed by atoms with E-state index in [9.17, 15) is 4.79 Å². The van der Waals surface area contributed by atoms with E-state index in [-0.39, 0.29) is 18.1 Å². The van der Waals surface area contributed by atoms with E-state index in [1.54, 1.807) is 7.05 Å². The Morgan fingerprint density at radius 3 is 3.15 bits per heavy atom. The Labute approximate surface area is 119 Å². The molecular formula is C14H22N4O2. The summed E-state index contributed by atoms with van der Waals surface area (Å²) in [6, 6.07) is 0. The van der Waals surface area contributed by atoms with Gasteiger partial charge in [0.05, 0.1) is 12.3 Å². The normalized spacial score (nSPS) is 30.2. The maximum absolute atomic E-state index is 11.7. The minimum absolute atomic E-state index is 0.0122. The van der Waals surface area contributed by atoms with Crippen LogP contribution < -0.4 is 5.32 Å². The van der Waals surface area contributed by atoms with Crippen LogP contribution in [0.4, 0.5) is 0 Å². The first kappa shape index (κ1) is 13.6. The summed E-state index contributed by atoms with van der Waals surface area (Å²) in [5.41, 5.74) is 1.23. The van der Waals surface area contributed by atoms with Gasteiger partial charge in [-0.15, -0.1) is 0 Å². The first-order valence-electron chi connectivity index (χ1n) is 7.22. The molecular weight excluding hydrogens is 256 g/mol. The Balaban J connectivity index is 1.57. The van der Waals surface area contributed by atoms with Gasteiger partial charge in [0, 0.05) is 38.9 Å². The summed E-state index contributed by atoms with van der Waals surface area (Å²) in [4.78, 5) is 14.1. The van der Waals surface area contributed by atoms with E-state index in [0.717, 1.165) is 32.5 Å². The van der Waals surface area contributed by atoms with Crippen molar-refractivity contribution in [2.24, 2.45) is 13.0 Å². The van der Waals surface area contributed by atoms with E-state index in [2.05, 4.69) is 21.5 Å². The Bertz CT molecular complexity index is 487. The van der Waals surface area contributed by atoms with Crippen LogP contribution in [0.3, 0.4) is 0 Å². The van der Waals surface area contributed by atoms with Gasteiger partial charge in [-0.25, -0.2) is 0 Å². The number of aryl methyl sites for hydroxylation is 1. The van der Waals surface area contributed by atoms with E-state index in [1.807, 2.05) is 17.9 Å². The van der Waals surface area contributed by atoms with Gasteiger partial charge in [-0.3, -0.25) is 14.4 Å². The standard InChI is InChI=1S/C14H22N4O2/c1-15-14(19)12-5-11-3-4-18(9-13(11)20-12)8-10-6-16-17(2)7-10/h6-7,11-13H,3-5,8-9H2,1-2H3,(H,15,19)/t11-,12-,13+/m1/s1. The van der Waals surface area contributed by atoms with Gasteiger partial charge in [0.2, 0.25) is 5.91 Å². The second kappa shape index (κ2) is 5.54. The summed E-state index contributed by atoms with van der Waals surface area (Å²) >= 11 is 0. The molecule has 1 N–H and O–H groups in total. The van der Waals surface area contributed by atoms with Crippen molar-refractivity contribution in [3.05, 3.63) is 18.0 Å². The summed E-state index contributed by atoms with van der Waals surface area (Å²) in [5.74, 6) is 0.542. The second-order valence-corrected chi connectivity index (χ2v) is 5.82. The molecule has 1 aromatic rings. The number of hydrogen-bond donors (Lipinski definition) is 1. The summed E-state index contributed by atoms with van der Waals surface area (Å²) in [7, 11) is 3.60. The van der Waals surface area contributed by atoms with Crippen molar-refractivity contribution in [2.45, 2.75) is 31.6 Å². The Hall–Kier alpha value is -1.40. The Kier molecular flexibility index (Phi) is 3.76. The third-order valence-corrected chi connectivity index (χ3v) is 4.34. The largest absolute Gasteiger partial charge is 0.364 e. The third kappa shape index (κ3) is 2.71. The molecule has 2 saturated heterocycles. The number of amides is 1. The van der Waals surface area contributed by atoms with Crippen LogP contribution in [-0.4, -0.2) is 52.9 Å². The highest BCUT2D eigenvalue weighted by molar-refractivity contribution is 5.80. The molecule has 0 bridgehead atoms. The molecule has 6 nitrogen and oxygen atoms in total. The summed E-state index contributed by atoms with van der Waals surface area (Å²) in [6.45, 7) is 2.89. The number of likely N-dealkylation sites (N-methyl/N-ethyl adjacent to an activating group) is 1. The zero-order chi connectivity index (χ0) is 14.1. The molecule has 0 spiro atoms. The van der Waals surface area contributed by atoms with Crippen molar-refractivity contribution in [3.8, 4) is 0 Å². The molecule has 3 heterocycles. The van der Waals surface area contributed by atoms with Gasteiger partial charge < -0.3 is 10.1 Å². The molecule has 6 heteroatoms. The number of aromatic nitrogens is 2. The lowest BCUT2D eigenvalue weighted by Gasteiger charge is -2.33. The minimum Gasteiger partial charge on any atom is -0.364 e. The molecule has 0 unspecified atom stereocenters. The second-order valence-electron chi connectivity index (χ2n) is 5.82. The molecule has 0 aromatic carbocycles. The lowest BCUT2D eigenvalue weighted by atomic mass is 9.91. The van der Waals surface area contributed by atoms with Crippen molar-refractivity contribution in [3.63, 3.8) is 0 Å². The van der Waals surface area contributed by atoms with E-state index < -0.39 is 0 Å². The van der Waals surface area contributed by atoms with Crippen LogP contribution in [-0.2, 0) is 23.1 Å². The van der Waals surface area contributed by atoms with E-state index >= 15 is 0 Å². The molecule has 0 radical (unpaired) electrons. The molecule has 110 valence electrons. The molecule has 2 fully saturated rings. The number of piperidine rings is 1. The Morgan fingerprint density at radius 2 is 2.45 bits per heavy atom. The van der Waals surface area contributed by atoms with Crippen LogP contribution >= 0.6 is 0 Å². The van der Waals surface area contributed by atoms with E-state index in [1.165, 1.54) is 5.56 Å². The monoisotopic (exact) mass is 278 g/mol. The van der Waals surface area contributed by atoms with Crippen LogP contribution in [0.15, 0.2) is 12.4 Å². The number of hydrogen-bond acceptors (Lipinski definition) is 4. The zero-order valence-corrected chi connectivity index (χ0v) is 12.1. The molecule has 1 amide bonds. The smallest absolute Gasteiger partial charge is 0.248 e. The highest BCUT2D eigenvalue weighted by atomic mass is 16.5. The molecule has 2 aliphatic rings. The molecule has 1 aromatic heterocycles. The maximum Gasteiger partial charge on any atom is 0.248 e. The quantitative estimate of drug-likeness (QED) is 0.855. The molecule has 3 rings (SSSR count). The zero-order valence-electron chi connectivity index (χ0n) is 12.1. The lowest BCUT2D eigenvalue weighted by Crippen LogP contribution is -2.42. The number of carbonyl (C=O) groups excluding carboxylic acids is 1. The first-order valence-corrected chi connectivity index (χ1v) is 7.22. The number of ether oxygens (including phenoxy) is 1. The fourth-order valence-corrected chi connectivity index (χ4v) is 3.28. The molecule has 0 aliphatic carbocycles. The van der Waals surface area contributed by atoms with Crippen molar-refractivity contribution in [1.29, 1.82) is 0 Å². The number of fused-ring (bicyclic) bond motifs is 1. The fourth-order valence-electron chi connectivity index (χ4n) is 3.28. The van der Waals surface area contributed by atoms with Crippen LogP contribution in [0.1, 0.15) is 18.4 Å². The van der Waals surface area contributed by atoms with E-state index in [0.29, 0.717) is 5.92 Å². The SMILES string of the molecule is CNC(=O)[C@H]1C[C@H]2CCN(Cc3cnn(C)c3)C[C@@H]2O1. The molecule has 2 aliphatic heterocycles.